The van der Waals surface area contributed by atoms with Crippen molar-refractivity contribution in [1.29, 1.82) is 0 Å². The first-order valence-electron chi connectivity index (χ1n) is 9.61. The van der Waals surface area contributed by atoms with E-state index in [0.29, 0.717) is 12.1 Å². The van der Waals surface area contributed by atoms with Gasteiger partial charge in [0.15, 0.2) is 0 Å². The van der Waals surface area contributed by atoms with Crippen molar-refractivity contribution in [3.63, 3.8) is 0 Å². The summed E-state index contributed by atoms with van der Waals surface area (Å²) < 4.78 is 15.2. The first kappa shape index (κ1) is 19.6. The van der Waals surface area contributed by atoms with Crippen molar-refractivity contribution in [2.45, 2.75) is 33.4 Å². The Hall–Kier alpha value is -2.18. The number of likely N-dealkylation sites (N-methyl/N-ethyl adjacent to an activating group) is 1. The predicted octanol–water partition coefficient (Wildman–Crippen LogP) is 2.75. The minimum absolute atomic E-state index is 0.00875. The normalized spacial score (nSPS) is 17.2. The van der Waals surface area contributed by atoms with Crippen LogP contribution in [0, 0.1) is 12.7 Å². The van der Waals surface area contributed by atoms with Crippen molar-refractivity contribution in [1.82, 2.24) is 14.4 Å². The van der Waals surface area contributed by atoms with Gasteiger partial charge in [-0.3, -0.25) is 9.69 Å². The van der Waals surface area contributed by atoms with Gasteiger partial charge in [0.2, 0.25) is 0 Å². The fraction of sp³-hybridized carbons (Fsp3) is 0.476. The number of aromatic hydroxyl groups is 1. The summed E-state index contributed by atoms with van der Waals surface area (Å²) in [5.74, 6) is -0.304. The molecular formula is C21H28FN3O2. The number of rotatable bonds is 5. The molecule has 6 heteroatoms. The predicted molar refractivity (Wildman–Crippen MR) is 105 cm³/mol. The summed E-state index contributed by atoms with van der Waals surface area (Å²) in [6.07, 6.45) is 0. The summed E-state index contributed by atoms with van der Waals surface area (Å²) in [6.45, 7) is 10.8. The standard InChI is InChI=1S/C21H28FN3O2/c1-4-23-10-12-24(13-11-23)20(16-6-8-17(22)9-7-16)19-18(26)14-15(3)25(5-2)21(19)27/h6-9,14,20,26H,4-5,10-13H2,1-3H3. The lowest BCUT2D eigenvalue weighted by molar-refractivity contribution is 0.111. The Bertz CT molecular complexity index is 840. The van der Waals surface area contributed by atoms with Crippen LogP contribution in [0.3, 0.4) is 0 Å². The summed E-state index contributed by atoms with van der Waals surface area (Å²) in [5, 5.41) is 10.7. The Morgan fingerprint density at radius 1 is 1.07 bits per heavy atom. The highest BCUT2D eigenvalue weighted by Crippen LogP contribution is 2.33. The molecule has 0 bridgehead atoms. The molecule has 3 rings (SSSR count). The van der Waals surface area contributed by atoms with Gasteiger partial charge in [0, 0.05) is 38.4 Å². The maximum atomic E-state index is 13.5. The molecule has 0 spiro atoms. The number of piperazine rings is 1. The summed E-state index contributed by atoms with van der Waals surface area (Å²) in [7, 11) is 0. The first-order chi connectivity index (χ1) is 13.0. The zero-order chi connectivity index (χ0) is 19.6. The van der Waals surface area contributed by atoms with Crippen LogP contribution in [-0.4, -0.2) is 52.2 Å². The van der Waals surface area contributed by atoms with Crippen LogP contribution in [0.2, 0.25) is 0 Å². The van der Waals surface area contributed by atoms with Gasteiger partial charge < -0.3 is 14.6 Å². The van der Waals surface area contributed by atoms with Crippen molar-refractivity contribution >= 4 is 0 Å². The molecule has 1 atom stereocenters. The summed E-state index contributed by atoms with van der Waals surface area (Å²) in [6, 6.07) is 7.50. The van der Waals surface area contributed by atoms with Crippen LogP contribution in [0.4, 0.5) is 4.39 Å². The molecule has 1 aromatic carbocycles. The van der Waals surface area contributed by atoms with Crippen LogP contribution in [0.25, 0.3) is 0 Å². The summed E-state index contributed by atoms with van der Waals surface area (Å²) in [4.78, 5) is 17.8. The monoisotopic (exact) mass is 373 g/mol. The largest absolute Gasteiger partial charge is 0.507 e. The topological polar surface area (TPSA) is 48.7 Å². The highest BCUT2D eigenvalue weighted by Gasteiger charge is 2.31. The third-order valence-corrected chi connectivity index (χ3v) is 5.52. The number of nitrogens with zero attached hydrogens (tertiary/aromatic N) is 3. The smallest absolute Gasteiger partial charge is 0.259 e. The van der Waals surface area contributed by atoms with E-state index in [1.54, 1.807) is 22.8 Å². The van der Waals surface area contributed by atoms with Gasteiger partial charge in [-0.2, -0.15) is 0 Å². The maximum absolute atomic E-state index is 13.5. The van der Waals surface area contributed by atoms with Gasteiger partial charge in [-0.25, -0.2) is 4.39 Å². The highest BCUT2D eigenvalue weighted by molar-refractivity contribution is 5.41. The van der Waals surface area contributed by atoms with Crippen LogP contribution in [0.5, 0.6) is 5.75 Å². The molecule has 0 radical (unpaired) electrons. The summed E-state index contributed by atoms with van der Waals surface area (Å²) >= 11 is 0. The minimum atomic E-state index is -0.393. The average molecular weight is 373 g/mol. The van der Waals surface area contributed by atoms with E-state index in [2.05, 4.69) is 16.7 Å². The molecular weight excluding hydrogens is 345 g/mol. The van der Waals surface area contributed by atoms with Crippen molar-refractivity contribution < 1.29 is 9.50 Å². The Balaban J connectivity index is 2.11. The van der Waals surface area contributed by atoms with Crippen LogP contribution >= 0.6 is 0 Å². The zero-order valence-electron chi connectivity index (χ0n) is 16.3. The average Bonchev–Trinajstić information content (AvgIpc) is 2.66. The molecule has 1 saturated heterocycles. The fourth-order valence-electron chi connectivity index (χ4n) is 3.96. The van der Waals surface area contributed by atoms with Crippen LogP contribution in [0.1, 0.15) is 36.7 Å². The van der Waals surface area contributed by atoms with Gasteiger partial charge in [-0.1, -0.05) is 19.1 Å². The quantitative estimate of drug-likeness (QED) is 0.876. The lowest BCUT2D eigenvalue weighted by Gasteiger charge is -2.39. The number of hydrogen-bond donors (Lipinski definition) is 1. The number of pyridine rings is 1. The zero-order valence-corrected chi connectivity index (χ0v) is 16.3. The van der Waals surface area contributed by atoms with E-state index in [4.69, 9.17) is 0 Å². The van der Waals surface area contributed by atoms with Gasteiger partial charge in [0.05, 0.1) is 11.6 Å². The number of benzene rings is 1. The third-order valence-electron chi connectivity index (χ3n) is 5.52. The first-order valence-corrected chi connectivity index (χ1v) is 9.61. The molecule has 0 aliphatic carbocycles. The maximum Gasteiger partial charge on any atom is 0.259 e. The molecule has 1 aliphatic heterocycles. The molecule has 2 aromatic rings. The van der Waals surface area contributed by atoms with Crippen LogP contribution < -0.4 is 5.56 Å². The van der Waals surface area contributed by atoms with Gasteiger partial charge in [0.1, 0.15) is 11.6 Å². The number of aryl methyl sites for hydroxylation is 1. The van der Waals surface area contributed by atoms with Crippen LogP contribution in [-0.2, 0) is 6.54 Å². The minimum Gasteiger partial charge on any atom is -0.507 e. The highest BCUT2D eigenvalue weighted by atomic mass is 19.1. The molecule has 1 N–H and O–H groups in total. The van der Waals surface area contributed by atoms with E-state index in [1.165, 1.54) is 12.1 Å². The Morgan fingerprint density at radius 2 is 1.70 bits per heavy atom. The van der Waals surface area contributed by atoms with E-state index in [1.807, 2.05) is 13.8 Å². The van der Waals surface area contributed by atoms with Crippen LogP contribution in [0.15, 0.2) is 35.1 Å². The second-order valence-corrected chi connectivity index (χ2v) is 7.06. The van der Waals surface area contributed by atoms with E-state index in [-0.39, 0.29) is 17.1 Å². The third kappa shape index (κ3) is 3.92. The fourth-order valence-corrected chi connectivity index (χ4v) is 3.96. The van der Waals surface area contributed by atoms with E-state index >= 15 is 0 Å². The number of aromatic nitrogens is 1. The SMILES string of the molecule is CCN1CCN(C(c2ccc(F)cc2)c2c(O)cc(C)n(CC)c2=O)CC1. The molecule has 1 fully saturated rings. The lowest BCUT2D eigenvalue weighted by Crippen LogP contribution is -2.48. The van der Waals surface area contributed by atoms with Gasteiger partial charge in [-0.15, -0.1) is 0 Å². The molecule has 0 amide bonds. The van der Waals surface area contributed by atoms with Crippen molar-refractivity contribution in [3.8, 4) is 5.75 Å². The molecule has 1 aromatic heterocycles. The Labute approximate surface area is 159 Å². The molecule has 27 heavy (non-hydrogen) atoms. The van der Waals surface area contributed by atoms with E-state index < -0.39 is 6.04 Å². The number of hydrogen-bond acceptors (Lipinski definition) is 4. The van der Waals surface area contributed by atoms with E-state index in [0.717, 1.165) is 44.0 Å². The second kappa shape index (κ2) is 8.23. The second-order valence-electron chi connectivity index (χ2n) is 7.06. The van der Waals surface area contributed by atoms with Crippen molar-refractivity contribution in [2.24, 2.45) is 0 Å². The molecule has 0 saturated carbocycles. The number of halogens is 1. The molecule has 1 aliphatic rings. The molecule has 1 unspecified atom stereocenters. The van der Waals surface area contributed by atoms with Gasteiger partial charge in [-0.05, 0) is 44.2 Å². The Kier molecular flexibility index (Phi) is 5.97. The Morgan fingerprint density at radius 3 is 2.26 bits per heavy atom. The van der Waals surface area contributed by atoms with E-state index in [9.17, 15) is 14.3 Å². The molecule has 5 nitrogen and oxygen atoms in total. The van der Waals surface area contributed by atoms with Gasteiger partial charge >= 0.3 is 0 Å². The summed E-state index contributed by atoms with van der Waals surface area (Å²) in [5.41, 5.74) is 1.75. The molecule has 2 heterocycles. The molecule has 146 valence electrons. The lowest BCUT2D eigenvalue weighted by atomic mass is 9.96. The van der Waals surface area contributed by atoms with Gasteiger partial charge in [0.25, 0.3) is 5.56 Å². The van der Waals surface area contributed by atoms with Crippen molar-refractivity contribution in [2.75, 3.05) is 32.7 Å². The van der Waals surface area contributed by atoms with Crippen molar-refractivity contribution in [3.05, 3.63) is 63.3 Å².